The molecule has 0 bridgehead atoms. The quantitative estimate of drug-likeness (QED) is 0.776. The summed E-state index contributed by atoms with van der Waals surface area (Å²) in [5.74, 6) is 0.202. The molecule has 0 aliphatic rings. The van der Waals surface area contributed by atoms with Crippen molar-refractivity contribution in [2.75, 3.05) is 6.61 Å². The van der Waals surface area contributed by atoms with Crippen molar-refractivity contribution < 1.29 is 9.53 Å². The van der Waals surface area contributed by atoms with Gasteiger partial charge in [-0.25, -0.2) is 4.98 Å². The van der Waals surface area contributed by atoms with Crippen molar-refractivity contribution in [3.8, 4) is 0 Å². The van der Waals surface area contributed by atoms with Crippen molar-refractivity contribution >= 4 is 17.0 Å². The van der Waals surface area contributed by atoms with Gasteiger partial charge in [-0.2, -0.15) is 0 Å². The normalized spacial score (nSPS) is 12.6. The topological polar surface area (TPSA) is 57.0 Å². The zero-order valence-electron chi connectivity index (χ0n) is 10.9. The zero-order chi connectivity index (χ0) is 13.1. The molecule has 0 radical (unpaired) electrons. The first-order valence-electron chi connectivity index (χ1n) is 6.12. The number of carbonyl (C=O) groups is 1. The van der Waals surface area contributed by atoms with Crippen LogP contribution >= 0.6 is 0 Å². The molecule has 2 aromatic heterocycles. The molecule has 0 aliphatic carbocycles. The third-order valence-corrected chi connectivity index (χ3v) is 3.01. The Labute approximate surface area is 106 Å². The van der Waals surface area contributed by atoms with Gasteiger partial charge >= 0.3 is 5.97 Å². The largest absolute Gasteiger partial charge is 0.465 e. The Hall–Kier alpha value is -1.91. The predicted octanol–water partition coefficient (Wildman–Crippen LogP) is 2.02. The van der Waals surface area contributed by atoms with Crippen LogP contribution in [0.25, 0.3) is 11.0 Å². The SMILES string of the molecule is CCOC(=O)C(CC)c1nc2cnccc2n1C. The number of rotatable bonds is 4. The van der Waals surface area contributed by atoms with Gasteiger partial charge in [-0.3, -0.25) is 9.78 Å². The van der Waals surface area contributed by atoms with Crippen LogP contribution in [0.3, 0.4) is 0 Å². The molecule has 0 spiro atoms. The number of carbonyl (C=O) groups excluding carboxylic acids is 1. The molecule has 0 fully saturated rings. The molecule has 1 unspecified atom stereocenters. The van der Waals surface area contributed by atoms with Crippen LogP contribution in [0.2, 0.25) is 0 Å². The van der Waals surface area contributed by atoms with E-state index in [0.717, 1.165) is 16.9 Å². The number of aromatic nitrogens is 3. The number of pyridine rings is 1. The van der Waals surface area contributed by atoms with Gasteiger partial charge < -0.3 is 9.30 Å². The maximum Gasteiger partial charge on any atom is 0.316 e. The van der Waals surface area contributed by atoms with Gasteiger partial charge in [0, 0.05) is 13.2 Å². The van der Waals surface area contributed by atoms with E-state index in [1.165, 1.54) is 0 Å². The third-order valence-electron chi connectivity index (χ3n) is 3.01. The fourth-order valence-corrected chi connectivity index (χ4v) is 2.08. The zero-order valence-corrected chi connectivity index (χ0v) is 10.9. The average molecular weight is 247 g/mol. The molecule has 0 saturated heterocycles. The van der Waals surface area contributed by atoms with E-state index in [4.69, 9.17) is 4.74 Å². The Morgan fingerprint density at radius 2 is 2.28 bits per heavy atom. The van der Waals surface area contributed by atoms with Gasteiger partial charge in [0.25, 0.3) is 0 Å². The van der Waals surface area contributed by atoms with Gasteiger partial charge in [-0.1, -0.05) is 6.92 Å². The van der Waals surface area contributed by atoms with Crippen molar-refractivity contribution in [1.82, 2.24) is 14.5 Å². The fourth-order valence-electron chi connectivity index (χ4n) is 2.08. The summed E-state index contributed by atoms with van der Waals surface area (Å²) in [6.07, 6.45) is 4.10. The number of nitrogens with zero attached hydrogens (tertiary/aromatic N) is 3. The lowest BCUT2D eigenvalue weighted by molar-refractivity contribution is -0.145. The molecule has 18 heavy (non-hydrogen) atoms. The van der Waals surface area contributed by atoms with Gasteiger partial charge in [0.05, 0.1) is 18.3 Å². The second-order valence-electron chi connectivity index (χ2n) is 4.11. The molecule has 2 heterocycles. The molecule has 0 aliphatic heterocycles. The summed E-state index contributed by atoms with van der Waals surface area (Å²) >= 11 is 0. The molecule has 0 amide bonds. The molecule has 2 rings (SSSR count). The Bertz CT molecular complexity index is 562. The lowest BCUT2D eigenvalue weighted by Crippen LogP contribution is -2.18. The van der Waals surface area contributed by atoms with Crippen LogP contribution in [0, 0.1) is 0 Å². The first-order chi connectivity index (χ1) is 8.69. The van der Waals surface area contributed by atoms with Crippen LogP contribution in [0.15, 0.2) is 18.5 Å². The number of esters is 1. The second kappa shape index (κ2) is 5.16. The minimum absolute atomic E-state index is 0.216. The van der Waals surface area contributed by atoms with E-state index in [1.54, 1.807) is 12.4 Å². The molecule has 96 valence electrons. The average Bonchev–Trinajstić information content (AvgIpc) is 2.69. The highest BCUT2D eigenvalue weighted by Gasteiger charge is 2.25. The van der Waals surface area contributed by atoms with Crippen LogP contribution in [-0.2, 0) is 16.6 Å². The number of ether oxygens (including phenoxy) is 1. The van der Waals surface area contributed by atoms with Crippen LogP contribution in [-0.4, -0.2) is 27.1 Å². The Morgan fingerprint density at radius 1 is 1.50 bits per heavy atom. The van der Waals surface area contributed by atoms with Crippen LogP contribution in [0.1, 0.15) is 32.0 Å². The number of hydrogen-bond acceptors (Lipinski definition) is 4. The summed E-state index contributed by atoms with van der Waals surface area (Å²) < 4.78 is 7.03. The van der Waals surface area contributed by atoms with Crippen molar-refractivity contribution in [2.24, 2.45) is 7.05 Å². The van der Waals surface area contributed by atoms with E-state index in [2.05, 4.69) is 9.97 Å². The van der Waals surface area contributed by atoms with Crippen molar-refractivity contribution in [3.63, 3.8) is 0 Å². The van der Waals surface area contributed by atoms with Gasteiger partial charge in [-0.05, 0) is 19.4 Å². The van der Waals surface area contributed by atoms with E-state index in [0.29, 0.717) is 13.0 Å². The molecule has 0 aromatic carbocycles. The van der Waals surface area contributed by atoms with Gasteiger partial charge in [0.15, 0.2) is 0 Å². The summed E-state index contributed by atoms with van der Waals surface area (Å²) in [4.78, 5) is 20.4. The first-order valence-corrected chi connectivity index (χ1v) is 6.12. The molecule has 0 saturated carbocycles. The second-order valence-corrected chi connectivity index (χ2v) is 4.11. The summed E-state index contributed by atoms with van der Waals surface area (Å²) in [5.41, 5.74) is 1.78. The van der Waals surface area contributed by atoms with Crippen LogP contribution in [0.5, 0.6) is 0 Å². The van der Waals surface area contributed by atoms with E-state index in [9.17, 15) is 4.79 Å². The lowest BCUT2D eigenvalue weighted by Gasteiger charge is -2.13. The van der Waals surface area contributed by atoms with Crippen molar-refractivity contribution in [1.29, 1.82) is 0 Å². The monoisotopic (exact) mass is 247 g/mol. The highest BCUT2D eigenvalue weighted by atomic mass is 16.5. The summed E-state index contributed by atoms with van der Waals surface area (Å²) in [6, 6.07) is 1.89. The number of hydrogen-bond donors (Lipinski definition) is 0. The smallest absolute Gasteiger partial charge is 0.316 e. The van der Waals surface area contributed by atoms with Crippen molar-refractivity contribution in [3.05, 3.63) is 24.3 Å². The molecule has 5 heteroatoms. The van der Waals surface area contributed by atoms with E-state index in [-0.39, 0.29) is 11.9 Å². The van der Waals surface area contributed by atoms with E-state index < -0.39 is 0 Å². The number of aryl methyl sites for hydroxylation is 1. The molecule has 2 aromatic rings. The van der Waals surface area contributed by atoms with Gasteiger partial charge in [-0.15, -0.1) is 0 Å². The molecular weight excluding hydrogens is 230 g/mol. The van der Waals surface area contributed by atoms with Crippen molar-refractivity contribution in [2.45, 2.75) is 26.2 Å². The molecule has 5 nitrogen and oxygen atoms in total. The van der Waals surface area contributed by atoms with E-state index >= 15 is 0 Å². The first kappa shape index (κ1) is 12.5. The number of fused-ring (bicyclic) bond motifs is 1. The van der Waals surface area contributed by atoms with Gasteiger partial charge in [0.1, 0.15) is 17.3 Å². The third kappa shape index (κ3) is 2.08. The Balaban J connectivity index is 2.45. The van der Waals surface area contributed by atoms with E-state index in [1.807, 2.05) is 31.5 Å². The fraction of sp³-hybridized carbons (Fsp3) is 0.462. The van der Waals surface area contributed by atoms with Crippen LogP contribution in [0.4, 0.5) is 0 Å². The summed E-state index contributed by atoms with van der Waals surface area (Å²) in [5, 5.41) is 0. The number of imidazole rings is 1. The van der Waals surface area contributed by atoms with Gasteiger partial charge in [0.2, 0.25) is 0 Å². The lowest BCUT2D eigenvalue weighted by atomic mass is 10.1. The standard InChI is InChI=1S/C13H17N3O2/c1-4-9(13(17)18-5-2)12-15-10-8-14-7-6-11(10)16(12)3/h6-9H,4-5H2,1-3H3. The minimum Gasteiger partial charge on any atom is -0.465 e. The molecular formula is C13H17N3O2. The molecule has 1 atom stereocenters. The Kier molecular flexibility index (Phi) is 3.60. The highest BCUT2D eigenvalue weighted by molar-refractivity contribution is 5.80. The Morgan fingerprint density at radius 3 is 2.89 bits per heavy atom. The highest BCUT2D eigenvalue weighted by Crippen LogP contribution is 2.23. The maximum atomic E-state index is 11.9. The van der Waals surface area contributed by atoms with Crippen LogP contribution < -0.4 is 0 Å². The predicted molar refractivity (Wildman–Crippen MR) is 68.2 cm³/mol. The minimum atomic E-state index is -0.317. The maximum absolute atomic E-state index is 11.9. The molecule has 0 N–H and O–H groups in total. The summed E-state index contributed by atoms with van der Waals surface area (Å²) in [7, 11) is 1.91. The summed E-state index contributed by atoms with van der Waals surface area (Å²) in [6.45, 7) is 4.16.